The Morgan fingerprint density at radius 1 is 1.33 bits per heavy atom. The molecule has 4 bridgehead atoms. The van der Waals surface area contributed by atoms with Crippen molar-refractivity contribution in [1.29, 1.82) is 0 Å². The van der Waals surface area contributed by atoms with Gasteiger partial charge in [-0.05, 0) is 31.6 Å². The van der Waals surface area contributed by atoms with Gasteiger partial charge in [-0.3, -0.25) is 0 Å². The Morgan fingerprint density at radius 2 is 2.20 bits per heavy atom. The third-order valence-electron chi connectivity index (χ3n) is 4.20. The molecular formula is C12H18O3. The summed E-state index contributed by atoms with van der Waals surface area (Å²) in [5.41, 5.74) is -0.0876. The Balaban J connectivity index is 1.91. The predicted molar refractivity (Wildman–Crippen MR) is 55.0 cm³/mol. The average molecular weight is 210 g/mol. The fourth-order valence-electron chi connectivity index (χ4n) is 3.85. The molecule has 0 amide bonds. The van der Waals surface area contributed by atoms with E-state index in [2.05, 4.69) is 6.58 Å². The number of rotatable bonds is 2. The van der Waals surface area contributed by atoms with Crippen molar-refractivity contribution in [2.24, 2.45) is 11.8 Å². The van der Waals surface area contributed by atoms with Gasteiger partial charge < -0.3 is 14.6 Å². The van der Waals surface area contributed by atoms with Crippen LogP contribution in [-0.2, 0) is 9.47 Å². The zero-order valence-electron chi connectivity index (χ0n) is 8.89. The normalized spacial score (nSPS) is 52.6. The first-order valence-electron chi connectivity index (χ1n) is 5.83. The fourth-order valence-corrected chi connectivity index (χ4v) is 3.85. The molecule has 0 radical (unpaired) electrons. The molecule has 3 nitrogen and oxygen atoms in total. The van der Waals surface area contributed by atoms with Crippen LogP contribution < -0.4 is 0 Å². The van der Waals surface area contributed by atoms with Crippen molar-refractivity contribution in [3.05, 3.63) is 12.8 Å². The minimum atomic E-state index is -0.574. The molecule has 2 heterocycles. The van der Waals surface area contributed by atoms with Gasteiger partial charge in [-0.2, -0.15) is 0 Å². The first kappa shape index (κ1) is 9.67. The summed E-state index contributed by atoms with van der Waals surface area (Å²) in [5, 5.41) is 9.88. The van der Waals surface area contributed by atoms with Crippen molar-refractivity contribution in [2.45, 2.75) is 50.1 Å². The number of aliphatic hydroxyl groups is 1. The molecule has 3 heteroatoms. The summed E-state index contributed by atoms with van der Waals surface area (Å²) in [6.07, 6.45) is 6.31. The van der Waals surface area contributed by atoms with Crippen LogP contribution >= 0.6 is 0 Å². The lowest BCUT2D eigenvalue weighted by Crippen LogP contribution is -2.46. The van der Waals surface area contributed by atoms with Crippen molar-refractivity contribution in [3.63, 3.8) is 0 Å². The van der Waals surface area contributed by atoms with Crippen molar-refractivity contribution in [3.8, 4) is 0 Å². The highest BCUT2D eigenvalue weighted by Gasteiger charge is 2.53. The van der Waals surface area contributed by atoms with Crippen molar-refractivity contribution < 1.29 is 14.6 Å². The molecule has 1 N–H and O–H groups in total. The van der Waals surface area contributed by atoms with E-state index in [1.807, 2.05) is 0 Å². The summed E-state index contributed by atoms with van der Waals surface area (Å²) in [5.74, 6) is 0.927. The molecule has 2 aliphatic heterocycles. The van der Waals surface area contributed by atoms with E-state index in [9.17, 15) is 5.11 Å². The number of aliphatic hydroxyl groups excluding tert-OH is 1. The molecule has 0 aromatic heterocycles. The second-order valence-electron chi connectivity index (χ2n) is 5.33. The third kappa shape index (κ3) is 1.49. The van der Waals surface area contributed by atoms with E-state index in [4.69, 9.17) is 9.47 Å². The van der Waals surface area contributed by atoms with Gasteiger partial charge >= 0.3 is 0 Å². The molecule has 4 aliphatic rings. The van der Waals surface area contributed by atoms with Crippen LogP contribution in [0.3, 0.4) is 0 Å². The Morgan fingerprint density at radius 3 is 3.00 bits per heavy atom. The smallest absolute Gasteiger partial charge is 0.157 e. The van der Waals surface area contributed by atoms with Gasteiger partial charge in [0.25, 0.3) is 0 Å². The van der Waals surface area contributed by atoms with Crippen LogP contribution in [0.5, 0.6) is 0 Å². The van der Waals surface area contributed by atoms with E-state index in [0.717, 1.165) is 32.1 Å². The lowest BCUT2D eigenvalue weighted by Gasteiger charge is -2.46. The highest BCUT2D eigenvalue weighted by atomic mass is 16.6. The maximum atomic E-state index is 9.88. The first-order chi connectivity index (χ1) is 7.21. The summed E-state index contributed by atoms with van der Waals surface area (Å²) in [7, 11) is 0. The van der Waals surface area contributed by atoms with Crippen LogP contribution in [0.2, 0.25) is 0 Å². The summed E-state index contributed by atoms with van der Waals surface area (Å²) >= 11 is 0. The monoisotopic (exact) mass is 210 g/mol. The standard InChI is InChI=1S/C12H18O3/c1-2-14-12-5-8-3-9(6-12)11(13)15-10(4-8)7-12/h2,8-11,13H,1,3-7H2. The molecule has 2 aliphatic carbocycles. The van der Waals surface area contributed by atoms with Gasteiger partial charge in [0.15, 0.2) is 6.29 Å². The first-order valence-corrected chi connectivity index (χ1v) is 5.83. The number of ether oxygens (including phenoxy) is 2. The van der Waals surface area contributed by atoms with E-state index < -0.39 is 6.29 Å². The lowest BCUT2D eigenvalue weighted by atomic mass is 9.65. The highest BCUT2D eigenvalue weighted by molar-refractivity contribution is 5.02. The van der Waals surface area contributed by atoms with E-state index in [1.165, 1.54) is 0 Å². The quantitative estimate of drug-likeness (QED) is 0.706. The zero-order valence-corrected chi connectivity index (χ0v) is 8.89. The molecular weight excluding hydrogens is 192 g/mol. The largest absolute Gasteiger partial charge is 0.495 e. The summed E-state index contributed by atoms with van der Waals surface area (Å²) in [6.45, 7) is 3.66. The summed E-state index contributed by atoms with van der Waals surface area (Å²) in [4.78, 5) is 0. The maximum absolute atomic E-state index is 9.88. The van der Waals surface area contributed by atoms with Crippen LogP contribution in [0.15, 0.2) is 12.8 Å². The lowest BCUT2D eigenvalue weighted by molar-refractivity contribution is -0.150. The van der Waals surface area contributed by atoms with E-state index in [0.29, 0.717) is 5.92 Å². The number of fused-ring (bicyclic) bond motifs is 1. The molecule has 4 fully saturated rings. The molecule has 5 unspecified atom stereocenters. The third-order valence-corrected chi connectivity index (χ3v) is 4.20. The predicted octanol–water partition coefficient (Wildman–Crippen LogP) is 1.81. The van der Waals surface area contributed by atoms with Gasteiger partial charge in [-0.15, -0.1) is 0 Å². The van der Waals surface area contributed by atoms with Crippen LogP contribution in [-0.4, -0.2) is 23.1 Å². The molecule has 0 aromatic rings. The molecule has 2 saturated heterocycles. The second kappa shape index (κ2) is 3.22. The molecule has 4 rings (SSSR count). The average Bonchev–Trinajstić information content (AvgIpc) is 2.29. The minimum Gasteiger partial charge on any atom is -0.495 e. The number of hydrogen-bond donors (Lipinski definition) is 1. The topological polar surface area (TPSA) is 38.7 Å². The maximum Gasteiger partial charge on any atom is 0.157 e. The van der Waals surface area contributed by atoms with Gasteiger partial charge in [-0.1, -0.05) is 6.58 Å². The molecule has 84 valence electrons. The van der Waals surface area contributed by atoms with Crippen molar-refractivity contribution >= 4 is 0 Å². The van der Waals surface area contributed by atoms with Crippen molar-refractivity contribution in [1.82, 2.24) is 0 Å². The van der Waals surface area contributed by atoms with Gasteiger partial charge in [0, 0.05) is 12.3 Å². The molecule has 2 saturated carbocycles. The van der Waals surface area contributed by atoms with E-state index >= 15 is 0 Å². The Bertz CT molecular complexity index is 278. The van der Waals surface area contributed by atoms with Crippen molar-refractivity contribution in [2.75, 3.05) is 0 Å². The molecule has 15 heavy (non-hydrogen) atoms. The van der Waals surface area contributed by atoms with Crippen LogP contribution in [0.1, 0.15) is 32.1 Å². The minimum absolute atomic E-state index is 0.0876. The van der Waals surface area contributed by atoms with Gasteiger partial charge in [0.05, 0.1) is 12.4 Å². The number of hydrogen-bond acceptors (Lipinski definition) is 3. The van der Waals surface area contributed by atoms with Crippen LogP contribution in [0, 0.1) is 11.8 Å². The van der Waals surface area contributed by atoms with Gasteiger partial charge in [0.1, 0.15) is 5.60 Å². The Labute approximate surface area is 90.1 Å². The molecule has 0 aromatic carbocycles. The van der Waals surface area contributed by atoms with E-state index in [1.54, 1.807) is 6.26 Å². The Hall–Kier alpha value is -0.540. The second-order valence-corrected chi connectivity index (χ2v) is 5.33. The molecule has 5 atom stereocenters. The Kier molecular flexibility index (Phi) is 2.08. The summed E-state index contributed by atoms with van der Waals surface area (Å²) in [6, 6.07) is 0. The SMILES string of the molecule is C=COC12CC3CC(C1)OC(O)C(C3)C2. The van der Waals surface area contributed by atoms with E-state index in [-0.39, 0.29) is 17.6 Å². The van der Waals surface area contributed by atoms with Gasteiger partial charge in [-0.25, -0.2) is 0 Å². The summed E-state index contributed by atoms with van der Waals surface area (Å²) < 4.78 is 11.4. The molecule has 0 spiro atoms. The van der Waals surface area contributed by atoms with Crippen LogP contribution in [0.25, 0.3) is 0 Å². The van der Waals surface area contributed by atoms with Gasteiger partial charge in [0.2, 0.25) is 0 Å². The highest BCUT2D eigenvalue weighted by Crippen LogP contribution is 2.52. The van der Waals surface area contributed by atoms with Crippen LogP contribution in [0.4, 0.5) is 0 Å². The fraction of sp³-hybridized carbons (Fsp3) is 0.833. The zero-order chi connectivity index (χ0) is 10.5.